The summed E-state index contributed by atoms with van der Waals surface area (Å²) < 4.78 is 1.52. The highest BCUT2D eigenvalue weighted by molar-refractivity contribution is 5.90. The molecule has 0 spiro atoms. The van der Waals surface area contributed by atoms with Gasteiger partial charge < -0.3 is 16.4 Å². The fraction of sp³-hybridized carbons (Fsp3) is 0.615. The molecule has 0 bridgehead atoms. The van der Waals surface area contributed by atoms with Crippen molar-refractivity contribution in [3.05, 3.63) is 12.4 Å². The van der Waals surface area contributed by atoms with Gasteiger partial charge in [0, 0.05) is 18.7 Å². The maximum Gasteiger partial charge on any atom is 0.241 e. The molecule has 7 nitrogen and oxygen atoms in total. The van der Waals surface area contributed by atoms with E-state index in [2.05, 4.69) is 15.7 Å². The Morgan fingerprint density at radius 3 is 2.85 bits per heavy atom. The van der Waals surface area contributed by atoms with E-state index >= 15 is 0 Å². The van der Waals surface area contributed by atoms with Crippen LogP contribution in [0.3, 0.4) is 0 Å². The first-order valence-corrected chi connectivity index (χ1v) is 6.99. The Morgan fingerprint density at radius 1 is 1.35 bits per heavy atom. The predicted octanol–water partition coefficient (Wildman–Crippen LogP) is 0.229. The summed E-state index contributed by atoms with van der Waals surface area (Å²) in [5.74, 6) is -0.100. The molecule has 7 heteroatoms. The maximum atomic E-state index is 11.6. The SMILES string of the molecule is NCCCCC(=O)Nc1cnn(CC(=O)NC2CC2)c1. The second kappa shape index (κ2) is 7.04. The molecule has 0 unspecified atom stereocenters. The number of aromatic nitrogens is 2. The number of amides is 2. The Morgan fingerprint density at radius 2 is 2.15 bits per heavy atom. The topological polar surface area (TPSA) is 102 Å². The molecule has 4 N–H and O–H groups in total. The van der Waals surface area contributed by atoms with Crippen molar-refractivity contribution in [1.29, 1.82) is 0 Å². The van der Waals surface area contributed by atoms with E-state index in [1.807, 2.05) is 0 Å². The monoisotopic (exact) mass is 279 g/mol. The van der Waals surface area contributed by atoms with Crippen LogP contribution < -0.4 is 16.4 Å². The Hall–Kier alpha value is -1.89. The lowest BCUT2D eigenvalue weighted by molar-refractivity contribution is -0.122. The number of hydrogen-bond acceptors (Lipinski definition) is 4. The Balaban J connectivity index is 1.73. The van der Waals surface area contributed by atoms with Crippen LogP contribution in [-0.4, -0.2) is 34.2 Å². The number of rotatable bonds is 8. The largest absolute Gasteiger partial charge is 0.352 e. The van der Waals surface area contributed by atoms with Crippen LogP contribution in [0.5, 0.6) is 0 Å². The zero-order chi connectivity index (χ0) is 14.4. The van der Waals surface area contributed by atoms with Crippen LogP contribution in [0, 0.1) is 0 Å². The van der Waals surface area contributed by atoms with Crippen LogP contribution >= 0.6 is 0 Å². The van der Waals surface area contributed by atoms with Gasteiger partial charge in [0.2, 0.25) is 11.8 Å². The molecule has 0 aromatic carbocycles. The van der Waals surface area contributed by atoms with E-state index in [-0.39, 0.29) is 18.4 Å². The second-order valence-corrected chi connectivity index (χ2v) is 5.06. The molecule has 110 valence electrons. The van der Waals surface area contributed by atoms with Crippen LogP contribution in [0.4, 0.5) is 5.69 Å². The lowest BCUT2D eigenvalue weighted by atomic mass is 10.2. The van der Waals surface area contributed by atoms with E-state index in [1.54, 1.807) is 12.4 Å². The number of carbonyl (C=O) groups excluding carboxylic acids is 2. The molecule has 1 aliphatic carbocycles. The second-order valence-electron chi connectivity index (χ2n) is 5.06. The highest BCUT2D eigenvalue weighted by atomic mass is 16.2. The average Bonchev–Trinajstić information content (AvgIpc) is 3.10. The van der Waals surface area contributed by atoms with Crippen molar-refractivity contribution < 1.29 is 9.59 Å². The molecule has 1 saturated carbocycles. The van der Waals surface area contributed by atoms with Gasteiger partial charge in [0.25, 0.3) is 0 Å². The van der Waals surface area contributed by atoms with Crippen LogP contribution in [0.15, 0.2) is 12.4 Å². The minimum Gasteiger partial charge on any atom is -0.352 e. The molecule has 1 heterocycles. The van der Waals surface area contributed by atoms with Crippen molar-refractivity contribution in [1.82, 2.24) is 15.1 Å². The number of nitrogens with zero attached hydrogens (tertiary/aromatic N) is 2. The molecule has 20 heavy (non-hydrogen) atoms. The smallest absolute Gasteiger partial charge is 0.241 e. The summed E-state index contributed by atoms with van der Waals surface area (Å²) in [5, 5.41) is 9.70. The zero-order valence-electron chi connectivity index (χ0n) is 11.5. The minimum atomic E-state index is -0.0552. The normalized spacial score (nSPS) is 14.1. The summed E-state index contributed by atoms with van der Waals surface area (Å²) in [6.07, 6.45) is 7.40. The maximum absolute atomic E-state index is 11.6. The molecule has 1 aromatic heterocycles. The molecule has 0 radical (unpaired) electrons. The van der Waals surface area contributed by atoms with Gasteiger partial charge in [-0.05, 0) is 32.2 Å². The van der Waals surface area contributed by atoms with Crippen molar-refractivity contribution in [2.45, 2.75) is 44.7 Å². The van der Waals surface area contributed by atoms with Gasteiger partial charge in [0.1, 0.15) is 6.54 Å². The molecule has 2 rings (SSSR count). The Kier molecular flexibility index (Phi) is 5.11. The number of carbonyl (C=O) groups is 2. The highest BCUT2D eigenvalue weighted by Crippen LogP contribution is 2.18. The summed E-state index contributed by atoms with van der Waals surface area (Å²) in [4.78, 5) is 23.2. The first kappa shape index (κ1) is 14.5. The van der Waals surface area contributed by atoms with E-state index in [1.165, 1.54) is 4.68 Å². The van der Waals surface area contributed by atoms with Gasteiger partial charge >= 0.3 is 0 Å². The van der Waals surface area contributed by atoms with Gasteiger partial charge in [-0.15, -0.1) is 0 Å². The number of nitrogens with two attached hydrogens (primary N) is 1. The van der Waals surface area contributed by atoms with E-state index in [0.717, 1.165) is 25.7 Å². The zero-order valence-corrected chi connectivity index (χ0v) is 11.5. The summed E-state index contributed by atoms with van der Waals surface area (Å²) in [6.45, 7) is 0.779. The van der Waals surface area contributed by atoms with Gasteiger partial charge in [-0.25, -0.2) is 0 Å². The van der Waals surface area contributed by atoms with E-state index in [0.29, 0.717) is 24.7 Å². The summed E-state index contributed by atoms with van der Waals surface area (Å²) in [7, 11) is 0. The van der Waals surface area contributed by atoms with Gasteiger partial charge in [-0.2, -0.15) is 5.10 Å². The third-order valence-electron chi connectivity index (χ3n) is 3.02. The van der Waals surface area contributed by atoms with Crippen molar-refractivity contribution in [3.8, 4) is 0 Å². The highest BCUT2D eigenvalue weighted by Gasteiger charge is 2.23. The lowest BCUT2D eigenvalue weighted by Crippen LogP contribution is -2.29. The number of nitrogens with one attached hydrogen (secondary N) is 2. The van der Waals surface area contributed by atoms with Gasteiger partial charge in [0.05, 0.1) is 11.9 Å². The number of anilines is 1. The van der Waals surface area contributed by atoms with E-state index in [9.17, 15) is 9.59 Å². The van der Waals surface area contributed by atoms with Crippen molar-refractivity contribution in [3.63, 3.8) is 0 Å². The summed E-state index contributed by atoms with van der Waals surface area (Å²) in [6, 6.07) is 0.347. The summed E-state index contributed by atoms with van der Waals surface area (Å²) in [5.41, 5.74) is 5.99. The number of unbranched alkanes of at least 4 members (excludes halogenated alkanes) is 1. The van der Waals surface area contributed by atoms with Gasteiger partial charge in [-0.3, -0.25) is 14.3 Å². The molecule has 0 atom stereocenters. The van der Waals surface area contributed by atoms with Crippen LogP contribution in [-0.2, 0) is 16.1 Å². The number of hydrogen-bond donors (Lipinski definition) is 3. The van der Waals surface area contributed by atoms with Crippen LogP contribution in [0.25, 0.3) is 0 Å². The third kappa shape index (κ3) is 5.00. The first-order chi connectivity index (χ1) is 9.67. The van der Waals surface area contributed by atoms with Crippen LogP contribution in [0.1, 0.15) is 32.1 Å². The molecule has 2 amide bonds. The van der Waals surface area contributed by atoms with E-state index < -0.39 is 0 Å². The quantitative estimate of drug-likeness (QED) is 0.593. The molecular formula is C13H21N5O2. The van der Waals surface area contributed by atoms with Crippen molar-refractivity contribution in [2.75, 3.05) is 11.9 Å². The predicted molar refractivity (Wildman–Crippen MR) is 74.9 cm³/mol. The van der Waals surface area contributed by atoms with E-state index in [4.69, 9.17) is 5.73 Å². The molecule has 1 fully saturated rings. The molecular weight excluding hydrogens is 258 g/mol. The fourth-order valence-corrected chi connectivity index (χ4v) is 1.82. The van der Waals surface area contributed by atoms with Crippen molar-refractivity contribution >= 4 is 17.5 Å². The lowest BCUT2D eigenvalue weighted by Gasteiger charge is -2.03. The minimum absolute atomic E-state index is 0.0450. The Bertz CT molecular complexity index is 467. The molecule has 0 aliphatic heterocycles. The van der Waals surface area contributed by atoms with Gasteiger partial charge in [-0.1, -0.05) is 0 Å². The third-order valence-corrected chi connectivity index (χ3v) is 3.02. The van der Waals surface area contributed by atoms with Gasteiger partial charge in [0.15, 0.2) is 0 Å². The first-order valence-electron chi connectivity index (χ1n) is 6.99. The average molecular weight is 279 g/mol. The Labute approximate surface area is 117 Å². The molecule has 0 saturated heterocycles. The molecule has 1 aliphatic rings. The van der Waals surface area contributed by atoms with Crippen LogP contribution in [0.2, 0.25) is 0 Å². The van der Waals surface area contributed by atoms with Crippen molar-refractivity contribution in [2.24, 2.45) is 5.73 Å². The molecule has 1 aromatic rings. The standard InChI is InChI=1S/C13H21N5O2/c14-6-2-1-3-12(19)17-11-7-15-18(8-11)9-13(20)16-10-4-5-10/h7-8,10H,1-6,9,14H2,(H,16,20)(H,17,19). The summed E-state index contributed by atoms with van der Waals surface area (Å²) >= 11 is 0. The fourth-order valence-electron chi connectivity index (χ4n) is 1.82.